The summed E-state index contributed by atoms with van der Waals surface area (Å²) >= 11 is 0. The standard InChI is InChI=1S/C14H17N5O2/c15-9-11-1-3-12(4-2-11)14(21)19-7-5-18(6-8-19)10-13(20)17-16/h1-4H,5-8,10,16H2,(H,17,20). The van der Waals surface area contributed by atoms with Gasteiger partial charge in [0.15, 0.2) is 0 Å². The molecule has 110 valence electrons. The predicted molar refractivity (Wildman–Crippen MR) is 75.8 cm³/mol. The van der Waals surface area contributed by atoms with Crippen LogP contribution >= 0.6 is 0 Å². The molecule has 2 amide bonds. The Morgan fingerprint density at radius 3 is 2.33 bits per heavy atom. The van der Waals surface area contributed by atoms with Crippen molar-refractivity contribution in [1.29, 1.82) is 5.26 Å². The molecule has 0 aromatic heterocycles. The smallest absolute Gasteiger partial charge is 0.253 e. The molecular formula is C14H17N5O2. The second-order valence-electron chi connectivity index (χ2n) is 4.83. The van der Waals surface area contributed by atoms with Crippen LogP contribution in [-0.2, 0) is 4.79 Å². The van der Waals surface area contributed by atoms with Crippen LogP contribution in [0.15, 0.2) is 24.3 Å². The molecule has 1 aliphatic rings. The summed E-state index contributed by atoms with van der Waals surface area (Å²) in [5.41, 5.74) is 3.20. The van der Waals surface area contributed by atoms with E-state index in [9.17, 15) is 9.59 Å². The van der Waals surface area contributed by atoms with Gasteiger partial charge in [-0.05, 0) is 24.3 Å². The molecule has 0 spiro atoms. The number of nitrogens with zero attached hydrogens (tertiary/aromatic N) is 3. The van der Waals surface area contributed by atoms with E-state index in [1.165, 1.54) is 0 Å². The Balaban J connectivity index is 1.90. The zero-order valence-electron chi connectivity index (χ0n) is 11.6. The van der Waals surface area contributed by atoms with Gasteiger partial charge in [-0.15, -0.1) is 0 Å². The molecular weight excluding hydrogens is 270 g/mol. The average Bonchev–Trinajstić information content (AvgIpc) is 2.55. The lowest BCUT2D eigenvalue weighted by atomic mass is 10.1. The molecule has 21 heavy (non-hydrogen) atoms. The third-order valence-electron chi connectivity index (χ3n) is 3.45. The summed E-state index contributed by atoms with van der Waals surface area (Å²) in [6.07, 6.45) is 0. The summed E-state index contributed by atoms with van der Waals surface area (Å²) in [7, 11) is 0. The Bertz CT molecular complexity index is 556. The number of carbonyl (C=O) groups excluding carboxylic acids is 2. The van der Waals surface area contributed by atoms with E-state index in [0.29, 0.717) is 37.3 Å². The van der Waals surface area contributed by atoms with Crippen molar-refractivity contribution in [3.05, 3.63) is 35.4 Å². The molecule has 3 N–H and O–H groups in total. The van der Waals surface area contributed by atoms with Gasteiger partial charge in [0, 0.05) is 31.7 Å². The van der Waals surface area contributed by atoms with E-state index < -0.39 is 0 Å². The summed E-state index contributed by atoms with van der Waals surface area (Å²) in [5, 5.41) is 8.74. The molecule has 0 unspecified atom stereocenters. The van der Waals surface area contributed by atoms with E-state index in [4.69, 9.17) is 11.1 Å². The first-order chi connectivity index (χ1) is 10.1. The monoisotopic (exact) mass is 287 g/mol. The molecule has 0 bridgehead atoms. The van der Waals surface area contributed by atoms with Crippen LogP contribution in [-0.4, -0.2) is 54.3 Å². The summed E-state index contributed by atoms with van der Waals surface area (Å²) in [5.74, 6) is 4.76. The minimum atomic E-state index is -0.234. The van der Waals surface area contributed by atoms with Crippen LogP contribution in [0.3, 0.4) is 0 Å². The molecule has 7 nitrogen and oxygen atoms in total. The van der Waals surface area contributed by atoms with Crippen LogP contribution in [0.5, 0.6) is 0 Å². The molecule has 0 aliphatic carbocycles. The molecule has 0 radical (unpaired) electrons. The highest BCUT2D eigenvalue weighted by atomic mass is 16.2. The lowest BCUT2D eigenvalue weighted by Gasteiger charge is -2.34. The van der Waals surface area contributed by atoms with Gasteiger partial charge in [0.25, 0.3) is 5.91 Å². The number of nitrogens with one attached hydrogen (secondary N) is 1. The lowest BCUT2D eigenvalue weighted by Crippen LogP contribution is -2.51. The normalized spacial score (nSPS) is 15.3. The quantitative estimate of drug-likeness (QED) is 0.435. The van der Waals surface area contributed by atoms with E-state index in [-0.39, 0.29) is 18.4 Å². The summed E-state index contributed by atoms with van der Waals surface area (Å²) < 4.78 is 0. The minimum absolute atomic E-state index is 0.0533. The number of benzene rings is 1. The number of nitrogens with two attached hydrogens (primary N) is 1. The second kappa shape index (κ2) is 6.83. The van der Waals surface area contributed by atoms with Gasteiger partial charge >= 0.3 is 0 Å². The maximum atomic E-state index is 12.3. The number of nitriles is 1. The maximum absolute atomic E-state index is 12.3. The highest BCUT2D eigenvalue weighted by molar-refractivity contribution is 5.94. The van der Waals surface area contributed by atoms with Crippen LogP contribution < -0.4 is 11.3 Å². The van der Waals surface area contributed by atoms with Gasteiger partial charge in [-0.3, -0.25) is 19.9 Å². The van der Waals surface area contributed by atoms with Gasteiger partial charge in [-0.1, -0.05) is 0 Å². The molecule has 1 saturated heterocycles. The molecule has 1 heterocycles. The Morgan fingerprint density at radius 2 is 1.81 bits per heavy atom. The van der Waals surface area contributed by atoms with E-state index >= 15 is 0 Å². The largest absolute Gasteiger partial charge is 0.336 e. The first-order valence-corrected chi connectivity index (χ1v) is 6.65. The zero-order chi connectivity index (χ0) is 15.2. The van der Waals surface area contributed by atoms with Crippen molar-refractivity contribution < 1.29 is 9.59 Å². The first-order valence-electron chi connectivity index (χ1n) is 6.65. The van der Waals surface area contributed by atoms with Gasteiger partial charge in [-0.2, -0.15) is 5.26 Å². The van der Waals surface area contributed by atoms with Gasteiger partial charge < -0.3 is 4.90 Å². The van der Waals surface area contributed by atoms with Crippen LogP contribution in [0.1, 0.15) is 15.9 Å². The number of hydrazine groups is 1. The van der Waals surface area contributed by atoms with Crippen LogP contribution in [0.25, 0.3) is 0 Å². The number of hydrogen-bond donors (Lipinski definition) is 2. The Kier molecular flexibility index (Phi) is 4.87. The highest BCUT2D eigenvalue weighted by Crippen LogP contribution is 2.10. The van der Waals surface area contributed by atoms with Crippen LogP contribution in [0.4, 0.5) is 0 Å². The first kappa shape index (κ1) is 15.0. The van der Waals surface area contributed by atoms with Crippen molar-refractivity contribution in [2.45, 2.75) is 0 Å². The van der Waals surface area contributed by atoms with E-state index in [2.05, 4.69) is 5.43 Å². The van der Waals surface area contributed by atoms with Crippen molar-refractivity contribution >= 4 is 11.8 Å². The zero-order valence-corrected chi connectivity index (χ0v) is 11.6. The van der Waals surface area contributed by atoms with Gasteiger partial charge in [0.05, 0.1) is 18.2 Å². The fraction of sp³-hybridized carbons (Fsp3) is 0.357. The molecule has 1 aromatic carbocycles. The highest BCUT2D eigenvalue weighted by Gasteiger charge is 2.22. The molecule has 2 rings (SSSR count). The third-order valence-corrected chi connectivity index (χ3v) is 3.45. The summed E-state index contributed by atoms with van der Waals surface area (Å²) in [6, 6.07) is 8.61. The minimum Gasteiger partial charge on any atom is -0.336 e. The second-order valence-corrected chi connectivity index (χ2v) is 4.83. The topological polar surface area (TPSA) is 102 Å². The Hall–Kier alpha value is -2.43. The van der Waals surface area contributed by atoms with Crippen molar-refractivity contribution in [3.63, 3.8) is 0 Å². The Labute approximate surface area is 122 Å². The molecule has 1 fully saturated rings. The van der Waals surface area contributed by atoms with Crippen molar-refractivity contribution in [3.8, 4) is 6.07 Å². The van der Waals surface area contributed by atoms with Gasteiger partial charge in [-0.25, -0.2) is 5.84 Å². The SMILES string of the molecule is N#Cc1ccc(C(=O)N2CCN(CC(=O)NN)CC2)cc1. The molecule has 0 saturated carbocycles. The van der Waals surface area contributed by atoms with Crippen LogP contribution in [0.2, 0.25) is 0 Å². The van der Waals surface area contributed by atoms with Gasteiger partial charge in [0.1, 0.15) is 0 Å². The number of piperazine rings is 1. The number of carbonyl (C=O) groups is 2. The van der Waals surface area contributed by atoms with E-state index in [1.807, 2.05) is 11.0 Å². The van der Waals surface area contributed by atoms with E-state index in [0.717, 1.165) is 0 Å². The lowest BCUT2D eigenvalue weighted by molar-refractivity contribution is -0.122. The number of amides is 2. The van der Waals surface area contributed by atoms with Gasteiger partial charge in [0.2, 0.25) is 5.91 Å². The predicted octanol–water partition coefficient (Wildman–Crippen LogP) is -0.694. The van der Waals surface area contributed by atoms with Crippen molar-refractivity contribution in [2.75, 3.05) is 32.7 Å². The maximum Gasteiger partial charge on any atom is 0.253 e. The fourth-order valence-electron chi connectivity index (χ4n) is 2.23. The van der Waals surface area contributed by atoms with E-state index in [1.54, 1.807) is 29.2 Å². The molecule has 1 aliphatic heterocycles. The van der Waals surface area contributed by atoms with Crippen molar-refractivity contribution in [2.24, 2.45) is 5.84 Å². The molecule has 7 heteroatoms. The molecule has 0 atom stereocenters. The fourth-order valence-corrected chi connectivity index (χ4v) is 2.23. The third kappa shape index (κ3) is 3.78. The molecule has 1 aromatic rings. The number of hydrogen-bond acceptors (Lipinski definition) is 5. The Morgan fingerprint density at radius 1 is 1.19 bits per heavy atom. The average molecular weight is 287 g/mol. The number of rotatable bonds is 3. The summed E-state index contributed by atoms with van der Waals surface area (Å²) in [6.45, 7) is 2.65. The van der Waals surface area contributed by atoms with Crippen molar-refractivity contribution in [1.82, 2.24) is 15.2 Å². The van der Waals surface area contributed by atoms with Crippen LogP contribution in [0, 0.1) is 11.3 Å². The summed E-state index contributed by atoms with van der Waals surface area (Å²) in [4.78, 5) is 27.2.